The Bertz CT molecular complexity index is 1520. The van der Waals surface area contributed by atoms with Gasteiger partial charge in [-0.1, -0.05) is 48.5 Å². The van der Waals surface area contributed by atoms with Crippen molar-refractivity contribution >= 4 is 17.6 Å². The van der Waals surface area contributed by atoms with Gasteiger partial charge in [0.25, 0.3) is 5.91 Å². The first-order valence-corrected chi connectivity index (χ1v) is 13.9. The molecule has 5 rings (SSSR count). The number of methoxy groups -OCH3 is 2. The molecule has 3 aromatic carbocycles. The fraction of sp³-hybridized carbons (Fsp3) is 0.273. The van der Waals surface area contributed by atoms with Gasteiger partial charge in [0.2, 0.25) is 5.91 Å². The molecule has 4 aromatic rings. The monoisotopic (exact) mass is 565 g/mol. The zero-order valence-corrected chi connectivity index (χ0v) is 24.2. The number of carbonyl (C=O) groups is 2. The zero-order chi connectivity index (χ0) is 29.5. The minimum absolute atomic E-state index is 0.0158. The van der Waals surface area contributed by atoms with Gasteiger partial charge in [0.15, 0.2) is 17.3 Å². The average molecular weight is 566 g/mol. The normalized spacial score (nSPS) is 13.0. The molecule has 2 heterocycles. The van der Waals surface area contributed by atoms with Crippen LogP contribution in [0.1, 0.15) is 21.5 Å². The number of benzene rings is 3. The van der Waals surface area contributed by atoms with E-state index in [-0.39, 0.29) is 18.4 Å². The van der Waals surface area contributed by atoms with E-state index in [2.05, 4.69) is 15.1 Å². The van der Waals surface area contributed by atoms with Gasteiger partial charge in [0.05, 0.1) is 19.9 Å². The molecule has 0 aliphatic carbocycles. The number of ether oxygens (including phenoxy) is 2. The third-order valence-corrected chi connectivity index (χ3v) is 7.49. The van der Waals surface area contributed by atoms with Gasteiger partial charge < -0.3 is 24.2 Å². The van der Waals surface area contributed by atoms with E-state index in [1.807, 2.05) is 96.8 Å². The van der Waals surface area contributed by atoms with E-state index in [0.717, 1.165) is 28.2 Å². The van der Waals surface area contributed by atoms with Gasteiger partial charge in [0, 0.05) is 43.9 Å². The summed E-state index contributed by atoms with van der Waals surface area (Å²) in [6, 6.07) is 26.8. The first-order chi connectivity index (χ1) is 20.5. The molecule has 0 unspecified atom stereocenters. The summed E-state index contributed by atoms with van der Waals surface area (Å²) in [5.41, 5.74) is 4.08. The molecule has 9 heteroatoms. The Balaban J connectivity index is 1.22. The van der Waals surface area contributed by atoms with Crippen LogP contribution in [0.2, 0.25) is 0 Å². The van der Waals surface area contributed by atoms with Crippen molar-refractivity contribution in [2.45, 2.75) is 13.5 Å². The standard InChI is InChI=1S/C33H35N5O4/c1-24-9-7-8-12-27(24)33(40)38(22-25-10-5-4-6-11-25)23-32(39)37-19-17-36(18-20-37)31-16-14-28(34-35-31)26-13-15-29(41-2)30(21-26)42-3/h4-16,21H,17-20,22-23H2,1-3H3. The van der Waals surface area contributed by atoms with Gasteiger partial charge in [-0.25, -0.2) is 0 Å². The van der Waals surface area contributed by atoms with Gasteiger partial charge in [-0.3, -0.25) is 9.59 Å². The van der Waals surface area contributed by atoms with E-state index in [1.165, 1.54) is 0 Å². The van der Waals surface area contributed by atoms with Crippen LogP contribution >= 0.6 is 0 Å². The van der Waals surface area contributed by atoms with Crippen LogP contribution in [0, 0.1) is 6.92 Å². The van der Waals surface area contributed by atoms with E-state index in [1.54, 1.807) is 19.1 Å². The number of rotatable bonds is 9. The number of piperazine rings is 1. The van der Waals surface area contributed by atoms with Crippen LogP contribution in [0.25, 0.3) is 11.3 Å². The molecular weight excluding hydrogens is 530 g/mol. The van der Waals surface area contributed by atoms with Crippen molar-refractivity contribution in [3.8, 4) is 22.8 Å². The molecule has 1 aliphatic rings. The van der Waals surface area contributed by atoms with Crippen LogP contribution in [0.4, 0.5) is 5.82 Å². The van der Waals surface area contributed by atoms with Gasteiger partial charge in [-0.05, 0) is 54.4 Å². The first-order valence-electron chi connectivity index (χ1n) is 13.9. The van der Waals surface area contributed by atoms with Crippen LogP contribution in [0.5, 0.6) is 11.5 Å². The predicted octanol–water partition coefficient (Wildman–Crippen LogP) is 4.46. The summed E-state index contributed by atoms with van der Waals surface area (Å²) in [5.74, 6) is 1.83. The van der Waals surface area contributed by atoms with Crippen molar-refractivity contribution in [2.75, 3.05) is 51.8 Å². The molecule has 42 heavy (non-hydrogen) atoms. The maximum absolute atomic E-state index is 13.5. The Labute approximate surface area is 246 Å². The second-order valence-electron chi connectivity index (χ2n) is 10.2. The van der Waals surface area contributed by atoms with E-state index < -0.39 is 0 Å². The van der Waals surface area contributed by atoms with Crippen molar-refractivity contribution in [1.29, 1.82) is 0 Å². The largest absolute Gasteiger partial charge is 0.493 e. The summed E-state index contributed by atoms with van der Waals surface area (Å²) >= 11 is 0. The predicted molar refractivity (Wildman–Crippen MR) is 162 cm³/mol. The lowest BCUT2D eigenvalue weighted by Gasteiger charge is -2.36. The average Bonchev–Trinajstić information content (AvgIpc) is 3.04. The molecule has 1 saturated heterocycles. The van der Waals surface area contributed by atoms with Crippen LogP contribution < -0.4 is 14.4 Å². The van der Waals surface area contributed by atoms with E-state index in [4.69, 9.17) is 9.47 Å². The topological polar surface area (TPSA) is 88.1 Å². The molecule has 0 spiro atoms. The lowest BCUT2D eigenvalue weighted by molar-refractivity contribution is -0.132. The molecule has 2 amide bonds. The highest BCUT2D eigenvalue weighted by atomic mass is 16.5. The fourth-order valence-corrected chi connectivity index (χ4v) is 5.08. The molecule has 0 radical (unpaired) electrons. The van der Waals surface area contributed by atoms with Crippen molar-refractivity contribution < 1.29 is 19.1 Å². The second kappa shape index (κ2) is 13.2. The maximum atomic E-state index is 13.5. The first kappa shape index (κ1) is 28.6. The van der Waals surface area contributed by atoms with Gasteiger partial charge in [-0.15, -0.1) is 10.2 Å². The highest BCUT2D eigenvalue weighted by molar-refractivity contribution is 5.97. The number of hydrogen-bond donors (Lipinski definition) is 0. The van der Waals surface area contributed by atoms with Crippen molar-refractivity contribution in [3.63, 3.8) is 0 Å². The number of aryl methyl sites for hydroxylation is 1. The van der Waals surface area contributed by atoms with E-state index in [9.17, 15) is 9.59 Å². The lowest BCUT2D eigenvalue weighted by atomic mass is 10.1. The van der Waals surface area contributed by atoms with Gasteiger partial charge in [0.1, 0.15) is 6.54 Å². The molecule has 216 valence electrons. The zero-order valence-electron chi connectivity index (χ0n) is 24.2. The molecule has 1 aromatic heterocycles. The van der Waals surface area contributed by atoms with Gasteiger partial charge >= 0.3 is 0 Å². The molecule has 1 aliphatic heterocycles. The summed E-state index contributed by atoms with van der Waals surface area (Å²) in [6.45, 7) is 4.62. The minimum atomic E-state index is -0.145. The molecule has 0 N–H and O–H groups in total. The Kier molecular flexibility index (Phi) is 8.96. The Morgan fingerprint density at radius 3 is 2.19 bits per heavy atom. The van der Waals surface area contributed by atoms with Crippen LogP contribution in [0.15, 0.2) is 84.9 Å². The molecular formula is C33H35N5O4. The summed E-state index contributed by atoms with van der Waals surface area (Å²) in [6.07, 6.45) is 0. The quantitative estimate of drug-likeness (QED) is 0.296. The number of aromatic nitrogens is 2. The second-order valence-corrected chi connectivity index (χ2v) is 10.2. The summed E-state index contributed by atoms with van der Waals surface area (Å²) in [7, 11) is 3.20. The van der Waals surface area contributed by atoms with Crippen LogP contribution in [0.3, 0.4) is 0 Å². The highest BCUT2D eigenvalue weighted by Gasteiger charge is 2.26. The Hall–Kier alpha value is -4.92. The molecule has 0 saturated carbocycles. The lowest BCUT2D eigenvalue weighted by Crippen LogP contribution is -2.52. The Morgan fingerprint density at radius 2 is 1.52 bits per heavy atom. The minimum Gasteiger partial charge on any atom is -0.493 e. The smallest absolute Gasteiger partial charge is 0.254 e. The van der Waals surface area contributed by atoms with Crippen molar-refractivity contribution in [3.05, 3.63) is 102 Å². The SMILES string of the molecule is COc1ccc(-c2ccc(N3CCN(C(=O)CN(Cc4ccccc4)C(=O)c4ccccc4C)CC3)nn2)cc1OC. The van der Waals surface area contributed by atoms with E-state index >= 15 is 0 Å². The molecule has 0 atom stereocenters. The molecule has 0 bridgehead atoms. The van der Waals surface area contributed by atoms with Gasteiger partial charge in [-0.2, -0.15) is 0 Å². The third kappa shape index (κ3) is 6.52. The molecule has 9 nitrogen and oxygen atoms in total. The van der Waals surface area contributed by atoms with E-state index in [0.29, 0.717) is 49.8 Å². The molecule has 1 fully saturated rings. The van der Waals surface area contributed by atoms with Crippen molar-refractivity contribution in [1.82, 2.24) is 20.0 Å². The maximum Gasteiger partial charge on any atom is 0.254 e. The number of nitrogens with zero attached hydrogens (tertiary/aromatic N) is 5. The Morgan fingerprint density at radius 1 is 0.810 bits per heavy atom. The number of hydrogen-bond acceptors (Lipinski definition) is 7. The van der Waals surface area contributed by atoms with Crippen LogP contribution in [-0.2, 0) is 11.3 Å². The number of carbonyl (C=O) groups excluding carboxylic acids is 2. The van der Waals surface area contributed by atoms with Crippen molar-refractivity contribution in [2.24, 2.45) is 0 Å². The summed E-state index contributed by atoms with van der Waals surface area (Å²) < 4.78 is 10.7. The number of amides is 2. The summed E-state index contributed by atoms with van der Waals surface area (Å²) in [4.78, 5) is 32.6. The van der Waals surface area contributed by atoms with Crippen LogP contribution in [-0.4, -0.2) is 78.8 Å². The number of anilines is 1. The fourth-order valence-electron chi connectivity index (χ4n) is 5.08. The third-order valence-electron chi connectivity index (χ3n) is 7.49. The highest BCUT2D eigenvalue weighted by Crippen LogP contribution is 2.31. The summed E-state index contributed by atoms with van der Waals surface area (Å²) in [5, 5.41) is 8.89.